The Kier molecular flexibility index (Phi) is 4.29. The predicted octanol–water partition coefficient (Wildman–Crippen LogP) is 1.16. The standard InChI is InChI=1S/C21H27BN4O4/c1-20(2)21(3,4)30-22(29-20)14-6-7-16-15(12-14)18-17(13-23-16)24(5)19(27)26(18)25-8-10-28-11-9-25/h6-7,12-13H,8-11H2,1-5H3. The van der Waals surface area contributed by atoms with Crippen LogP contribution < -0.4 is 16.2 Å². The minimum absolute atomic E-state index is 0.0813. The molecular weight excluding hydrogens is 383 g/mol. The lowest BCUT2D eigenvalue weighted by Gasteiger charge is -2.32. The predicted molar refractivity (Wildman–Crippen MR) is 117 cm³/mol. The average molecular weight is 410 g/mol. The third-order valence-corrected chi connectivity index (χ3v) is 6.68. The van der Waals surface area contributed by atoms with E-state index in [1.165, 1.54) is 0 Å². The minimum Gasteiger partial charge on any atom is -0.399 e. The third-order valence-electron chi connectivity index (χ3n) is 6.68. The molecule has 8 nitrogen and oxygen atoms in total. The molecule has 2 fully saturated rings. The number of imidazole rings is 1. The Bertz CT molecular complexity index is 1180. The Morgan fingerprint density at radius 2 is 1.73 bits per heavy atom. The number of benzene rings is 1. The monoisotopic (exact) mass is 410 g/mol. The van der Waals surface area contributed by atoms with Crippen LogP contribution in [-0.4, -0.2) is 58.9 Å². The van der Waals surface area contributed by atoms with Gasteiger partial charge in [-0.1, -0.05) is 12.1 Å². The van der Waals surface area contributed by atoms with Crippen LogP contribution in [0.3, 0.4) is 0 Å². The topological polar surface area (TPSA) is 70.8 Å². The molecule has 1 aromatic carbocycles. The van der Waals surface area contributed by atoms with Gasteiger partial charge in [0.05, 0.1) is 54.7 Å². The van der Waals surface area contributed by atoms with Gasteiger partial charge in [-0.2, -0.15) is 0 Å². The van der Waals surface area contributed by atoms with Crippen molar-refractivity contribution in [2.24, 2.45) is 7.05 Å². The number of hydrogen-bond acceptors (Lipinski definition) is 6. The molecule has 2 aliphatic rings. The van der Waals surface area contributed by atoms with Crippen molar-refractivity contribution < 1.29 is 14.0 Å². The van der Waals surface area contributed by atoms with Gasteiger partial charge in [-0.3, -0.25) is 9.55 Å². The lowest BCUT2D eigenvalue weighted by molar-refractivity contribution is 0.00578. The van der Waals surface area contributed by atoms with Crippen molar-refractivity contribution in [1.82, 2.24) is 14.2 Å². The van der Waals surface area contributed by atoms with E-state index in [2.05, 4.69) is 9.99 Å². The Morgan fingerprint density at radius 3 is 2.40 bits per heavy atom. The van der Waals surface area contributed by atoms with Crippen molar-refractivity contribution in [3.05, 3.63) is 34.9 Å². The minimum atomic E-state index is -0.470. The second kappa shape index (κ2) is 6.57. The van der Waals surface area contributed by atoms with Gasteiger partial charge in [0.2, 0.25) is 0 Å². The highest BCUT2D eigenvalue weighted by Crippen LogP contribution is 2.36. The second-order valence-electron chi connectivity index (χ2n) is 9.08. The van der Waals surface area contributed by atoms with Crippen LogP contribution in [0.1, 0.15) is 27.7 Å². The van der Waals surface area contributed by atoms with E-state index in [4.69, 9.17) is 14.0 Å². The summed E-state index contributed by atoms with van der Waals surface area (Å²) in [5.74, 6) is 0. The summed E-state index contributed by atoms with van der Waals surface area (Å²) in [5.41, 5.74) is 2.48. The highest BCUT2D eigenvalue weighted by Gasteiger charge is 2.51. The number of hydrogen-bond donors (Lipinski definition) is 0. The van der Waals surface area contributed by atoms with Crippen molar-refractivity contribution in [2.75, 3.05) is 31.3 Å². The molecule has 0 atom stereocenters. The molecule has 0 N–H and O–H groups in total. The number of nitrogens with zero attached hydrogens (tertiary/aromatic N) is 4. The number of pyridine rings is 1. The molecular formula is C21H27BN4O4. The van der Waals surface area contributed by atoms with Gasteiger partial charge in [-0.25, -0.2) is 9.47 Å². The quantitative estimate of drug-likeness (QED) is 0.591. The first-order valence-corrected chi connectivity index (χ1v) is 10.4. The molecule has 0 radical (unpaired) electrons. The smallest absolute Gasteiger partial charge is 0.399 e. The van der Waals surface area contributed by atoms with Crippen LogP contribution >= 0.6 is 0 Å². The van der Waals surface area contributed by atoms with Crippen LogP contribution in [0.2, 0.25) is 0 Å². The van der Waals surface area contributed by atoms with Crippen LogP contribution in [0, 0.1) is 0 Å². The van der Waals surface area contributed by atoms with Crippen molar-refractivity contribution in [3.63, 3.8) is 0 Å². The largest absolute Gasteiger partial charge is 0.494 e. The molecule has 0 amide bonds. The van der Waals surface area contributed by atoms with Crippen LogP contribution in [0.4, 0.5) is 0 Å². The zero-order chi connectivity index (χ0) is 21.3. The average Bonchev–Trinajstić information content (AvgIpc) is 3.11. The van der Waals surface area contributed by atoms with E-state index in [0.29, 0.717) is 26.3 Å². The van der Waals surface area contributed by atoms with Crippen molar-refractivity contribution in [1.29, 1.82) is 0 Å². The fourth-order valence-corrected chi connectivity index (χ4v) is 4.14. The lowest BCUT2D eigenvalue weighted by atomic mass is 9.78. The van der Waals surface area contributed by atoms with E-state index in [-0.39, 0.29) is 5.69 Å². The van der Waals surface area contributed by atoms with E-state index >= 15 is 0 Å². The number of aryl methyl sites for hydroxylation is 1. The summed E-state index contributed by atoms with van der Waals surface area (Å²) in [6.07, 6.45) is 1.77. The molecule has 2 saturated heterocycles. The van der Waals surface area contributed by atoms with Gasteiger partial charge in [0.25, 0.3) is 0 Å². The SMILES string of the molecule is Cn1c(=O)n(N2CCOCC2)c2c3cc(B4OC(C)(C)C(C)(C)O4)ccc3ncc21. The maximum atomic E-state index is 13.1. The Labute approximate surface area is 175 Å². The van der Waals surface area contributed by atoms with Gasteiger partial charge in [-0.15, -0.1) is 0 Å². The van der Waals surface area contributed by atoms with Gasteiger partial charge in [-0.05, 0) is 39.2 Å². The molecule has 0 saturated carbocycles. The van der Waals surface area contributed by atoms with E-state index in [0.717, 1.165) is 27.4 Å². The van der Waals surface area contributed by atoms with Gasteiger partial charge in [0.15, 0.2) is 0 Å². The molecule has 5 rings (SSSR count). The van der Waals surface area contributed by atoms with E-state index in [1.807, 2.05) is 45.9 Å². The normalized spacial score (nSPS) is 21.1. The molecule has 158 valence electrons. The van der Waals surface area contributed by atoms with Crippen LogP contribution in [0.5, 0.6) is 0 Å². The first-order chi connectivity index (χ1) is 14.2. The fourth-order valence-electron chi connectivity index (χ4n) is 4.14. The zero-order valence-corrected chi connectivity index (χ0v) is 18.1. The number of rotatable bonds is 2. The second-order valence-corrected chi connectivity index (χ2v) is 9.08. The van der Waals surface area contributed by atoms with Gasteiger partial charge >= 0.3 is 12.8 Å². The van der Waals surface area contributed by atoms with Gasteiger partial charge in [0.1, 0.15) is 5.52 Å². The van der Waals surface area contributed by atoms with Crippen LogP contribution in [0.15, 0.2) is 29.2 Å². The summed E-state index contributed by atoms with van der Waals surface area (Å²) in [4.78, 5) is 17.7. The summed E-state index contributed by atoms with van der Waals surface area (Å²) >= 11 is 0. The summed E-state index contributed by atoms with van der Waals surface area (Å²) in [5, 5.41) is 2.96. The number of morpholine rings is 1. The first kappa shape index (κ1) is 19.6. The zero-order valence-electron chi connectivity index (χ0n) is 18.1. The highest BCUT2D eigenvalue weighted by molar-refractivity contribution is 6.62. The maximum absolute atomic E-state index is 13.1. The Morgan fingerprint density at radius 1 is 1.07 bits per heavy atom. The Balaban J connectivity index is 1.70. The van der Waals surface area contributed by atoms with Crippen molar-refractivity contribution >= 4 is 34.5 Å². The fraction of sp³-hybridized carbons (Fsp3) is 0.524. The van der Waals surface area contributed by atoms with Crippen LogP contribution in [0.25, 0.3) is 21.9 Å². The molecule has 3 aromatic rings. The summed E-state index contributed by atoms with van der Waals surface area (Å²) < 4.78 is 21.4. The molecule has 30 heavy (non-hydrogen) atoms. The van der Waals surface area contributed by atoms with Gasteiger partial charge in [0, 0.05) is 12.4 Å². The molecule has 2 aromatic heterocycles. The van der Waals surface area contributed by atoms with Crippen molar-refractivity contribution in [2.45, 2.75) is 38.9 Å². The molecule has 0 spiro atoms. The molecule has 0 unspecified atom stereocenters. The van der Waals surface area contributed by atoms with Crippen LogP contribution in [-0.2, 0) is 21.1 Å². The summed E-state index contributed by atoms with van der Waals surface area (Å²) in [7, 11) is 1.31. The highest BCUT2D eigenvalue weighted by atomic mass is 16.7. The summed E-state index contributed by atoms with van der Waals surface area (Å²) in [6.45, 7) is 10.7. The summed E-state index contributed by atoms with van der Waals surface area (Å²) in [6, 6.07) is 6.00. The molecule has 9 heteroatoms. The number of ether oxygens (including phenoxy) is 1. The number of fused-ring (bicyclic) bond motifs is 3. The number of aromatic nitrogens is 3. The van der Waals surface area contributed by atoms with Crippen molar-refractivity contribution in [3.8, 4) is 0 Å². The molecule has 4 heterocycles. The van der Waals surface area contributed by atoms with E-state index < -0.39 is 18.3 Å². The molecule has 0 bridgehead atoms. The van der Waals surface area contributed by atoms with Gasteiger partial charge < -0.3 is 19.1 Å². The maximum Gasteiger partial charge on any atom is 0.494 e. The molecule has 0 aliphatic carbocycles. The lowest BCUT2D eigenvalue weighted by Crippen LogP contribution is -2.48. The molecule has 2 aliphatic heterocycles. The Hall–Kier alpha value is -2.36. The first-order valence-electron chi connectivity index (χ1n) is 10.4. The van der Waals surface area contributed by atoms with E-state index in [9.17, 15) is 4.79 Å². The third kappa shape index (κ3) is 2.80. The van der Waals surface area contributed by atoms with E-state index in [1.54, 1.807) is 22.5 Å².